The van der Waals surface area contributed by atoms with Crippen LogP contribution in [-0.2, 0) is 6.54 Å². The summed E-state index contributed by atoms with van der Waals surface area (Å²) in [5.74, 6) is 1.05. The Kier molecular flexibility index (Phi) is 4.26. The van der Waals surface area contributed by atoms with Gasteiger partial charge >= 0.3 is 5.69 Å². The zero-order chi connectivity index (χ0) is 16.2. The molecule has 2 aromatic rings. The van der Waals surface area contributed by atoms with Gasteiger partial charge in [0.15, 0.2) is 0 Å². The molecule has 1 aliphatic rings. The van der Waals surface area contributed by atoms with Crippen LogP contribution in [0.25, 0.3) is 0 Å². The van der Waals surface area contributed by atoms with Gasteiger partial charge in [-0.3, -0.25) is 10.1 Å². The van der Waals surface area contributed by atoms with Gasteiger partial charge in [0.25, 0.3) is 0 Å². The van der Waals surface area contributed by atoms with Crippen molar-refractivity contribution in [2.75, 3.05) is 29.0 Å². The Morgan fingerprint density at radius 3 is 2.78 bits per heavy atom. The van der Waals surface area contributed by atoms with E-state index in [1.807, 2.05) is 4.90 Å². The molecule has 2 aromatic heterocycles. The molecule has 0 atom stereocenters. The minimum absolute atomic E-state index is 0.111. The van der Waals surface area contributed by atoms with Gasteiger partial charge in [-0.2, -0.15) is 9.97 Å². The van der Waals surface area contributed by atoms with Crippen molar-refractivity contribution < 1.29 is 9.34 Å². The lowest BCUT2D eigenvalue weighted by molar-refractivity contribution is -0.383. The maximum absolute atomic E-state index is 11.3. The Hall–Kier alpha value is -2.84. The Labute approximate surface area is 132 Å². The van der Waals surface area contributed by atoms with Gasteiger partial charge in [0, 0.05) is 13.1 Å². The van der Waals surface area contributed by atoms with Crippen LogP contribution in [0.5, 0.6) is 0 Å². The molecule has 0 amide bonds. The van der Waals surface area contributed by atoms with Crippen LogP contribution in [0.1, 0.15) is 25.0 Å². The number of hydrogen-bond donors (Lipinski definition) is 2. The lowest BCUT2D eigenvalue weighted by Crippen LogP contribution is -2.31. The second-order valence-electron chi connectivity index (χ2n) is 5.34. The van der Waals surface area contributed by atoms with Gasteiger partial charge in [-0.1, -0.05) is 0 Å². The fourth-order valence-electron chi connectivity index (χ4n) is 2.58. The normalized spacial score (nSPS) is 14.7. The average Bonchev–Trinajstić information content (AvgIpc) is 3.06. The van der Waals surface area contributed by atoms with E-state index in [0.29, 0.717) is 11.7 Å². The highest BCUT2D eigenvalue weighted by atomic mass is 16.6. The van der Waals surface area contributed by atoms with E-state index in [1.165, 1.54) is 6.42 Å². The fourth-order valence-corrected chi connectivity index (χ4v) is 2.58. The minimum Gasteiger partial charge on any atom is -0.467 e. The van der Waals surface area contributed by atoms with E-state index in [9.17, 15) is 10.1 Å². The van der Waals surface area contributed by atoms with E-state index < -0.39 is 4.92 Å². The predicted molar refractivity (Wildman–Crippen MR) is 85.2 cm³/mol. The summed E-state index contributed by atoms with van der Waals surface area (Å²) in [5, 5.41) is 14.2. The number of furan rings is 1. The smallest absolute Gasteiger partial charge is 0.353 e. The molecule has 3 rings (SSSR count). The number of anilines is 3. The van der Waals surface area contributed by atoms with Crippen molar-refractivity contribution in [1.82, 2.24) is 9.97 Å². The second kappa shape index (κ2) is 6.51. The van der Waals surface area contributed by atoms with Crippen molar-refractivity contribution in [3.63, 3.8) is 0 Å². The molecule has 1 saturated heterocycles. The van der Waals surface area contributed by atoms with Gasteiger partial charge in [-0.05, 0) is 31.4 Å². The summed E-state index contributed by atoms with van der Waals surface area (Å²) < 4.78 is 5.21. The first-order valence-corrected chi connectivity index (χ1v) is 7.48. The molecule has 0 radical (unpaired) electrons. The molecule has 9 heteroatoms. The van der Waals surface area contributed by atoms with Crippen molar-refractivity contribution in [3.05, 3.63) is 34.3 Å². The third-order valence-corrected chi connectivity index (χ3v) is 3.73. The molecule has 1 aliphatic heterocycles. The number of rotatable bonds is 5. The third-order valence-electron chi connectivity index (χ3n) is 3.73. The first-order chi connectivity index (χ1) is 11.1. The average molecular weight is 318 g/mol. The van der Waals surface area contributed by atoms with E-state index >= 15 is 0 Å². The van der Waals surface area contributed by atoms with Crippen LogP contribution in [0.3, 0.4) is 0 Å². The van der Waals surface area contributed by atoms with Crippen LogP contribution in [0.15, 0.2) is 22.8 Å². The maximum atomic E-state index is 11.3. The summed E-state index contributed by atoms with van der Waals surface area (Å²) in [4.78, 5) is 21.1. The number of nitrogens with two attached hydrogens (primary N) is 1. The fraction of sp³-hybridized carbons (Fsp3) is 0.429. The molecule has 9 nitrogen and oxygen atoms in total. The lowest BCUT2D eigenvalue weighted by Gasteiger charge is -2.26. The van der Waals surface area contributed by atoms with Gasteiger partial charge < -0.3 is 20.4 Å². The molecule has 0 aromatic carbocycles. The summed E-state index contributed by atoms with van der Waals surface area (Å²) in [6, 6.07) is 3.52. The van der Waals surface area contributed by atoms with E-state index in [2.05, 4.69) is 15.3 Å². The Morgan fingerprint density at radius 2 is 2.13 bits per heavy atom. The van der Waals surface area contributed by atoms with Crippen LogP contribution in [0.2, 0.25) is 0 Å². The highest BCUT2D eigenvalue weighted by Gasteiger charge is 2.25. The molecule has 1 fully saturated rings. The molecule has 3 N–H and O–H groups in total. The summed E-state index contributed by atoms with van der Waals surface area (Å²) in [5.41, 5.74) is 5.49. The van der Waals surface area contributed by atoms with Crippen molar-refractivity contribution in [2.45, 2.75) is 25.8 Å². The summed E-state index contributed by atoms with van der Waals surface area (Å²) >= 11 is 0. The highest BCUT2D eigenvalue weighted by molar-refractivity contribution is 5.70. The van der Waals surface area contributed by atoms with Crippen LogP contribution < -0.4 is 16.0 Å². The Bertz CT molecular complexity index is 682. The predicted octanol–water partition coefficient (Wildman–Crippen LogP) is 2.16. The van der Waals surface area contributed by atoms with Crippen LogP contribution in [-0.4, -0.2) is 28.0 Å². The molecule has 122 valence electrons. The molecule has 0 saturated carbocycles. The first kappa shape index (κ1) is 15.1. The van der Waals surface area contributed by atoms with E-state index in [0.717, 1.165) is 25.9 Å². The van der Waals surface area contributed by atoms with Crippen LogP contribution >= 0.6 is 0 Å². The number of nitrogen functional groups attached to an aromatic ring is 1. The second-order valence-corrected chi connectivity index (χ2v) is 5.34. The van der Waals surface area contributed by atoms with Gasteiger partial charge in [-0.15, -0.1) is 0 Å². The monoisotopic (exact) mass is 318 g/mol. The third kappa shape index (κ3) is 3.33. The van der Waals surface area contributed by atoms with Gasteiger partial charge in [0.05, 0.1) is 17.7 Å². The van der Waals surface area contributed by atoms with Gasteiger partial charge in [0.1, 0.15) is 5.76 Å². The molecule has 0 bridgehead atoms. The molecular formula is C14H18N6O3. The molecule has 23 heavy (non-hydrogen) atoms. The topological polar surface area (TPSA) is 123 Å². The largest absolute Gasteiger partial charge is 0.467 e. The molecule has 3 heterocycles. The Morgan fingerprint density at radius 1 is 1.35 bits per heavy atom. The molecular weight excluding hydrogens is 300 g/mol. The standard InChI is InChI=1S/C14H18N6O3/c15-12-11(20(21)22)13(16-9-10-5-4-8-23-10)18-14(17-12)19-6-2-1-3-7-19/h4-5,8H,1-3,6-7,9H2,(H3,15,16,17,18). The highest BCUT2D eigenvalue weighted by Crippen LogP contribution is 2.31. The van der Waals surface area contributed by atoms with E-state index in [1.54, 1.807) is 18.4 Å². The number of nitrogens with zero attached hydrogens (tertiary/aromatic N) is 4. The molecule has 0 spiro atoms. The van der Waals surface area contributed by atoms with Crippen molar-refractivity contribution in [2.24, 2.45) is 0 Å². The summed E-state index contributed by atoms with van der Waals surface area (Å²) in [7, 11) is 0. The summed E-state index contributed by atoms with van der Waals surface area (Å²) in [6.07, 6.45) is 4.81. The molecule has 0 unspecified atom stereocenters. The number of hydrogen-bond acceptors (Lipinski definition) is 8. The van der Waals surface area contributed by atoms with Gasteiger partial charge in [-0.25, -0.2) is 0 Å². The Balaban J connectivity index is 1.89. The lowest BCUT2D eigenvalue weighted by atomic mass is 10.1. The van der Waals surface area contributed by atoms with Crippen LogP contribution in [0.4, 0.5) is 23.3 Å². The summed E-state index contributed by atoms with van der Waals surface area (Å²) in [6.45, 7) is 1.94. The zero-order valence-electron chi connectivity index (χ0n) is 12.6. The SMILES string of the molecule is Nc1nc(N2CCCCC2)nc(NCc2ccco2)c1[N+](=O)[O-]. The van der Waals surface area contributed by atoms with Crippen molar-refractivity contribution >= 4 is 23.3 Å². The van der Waals surface area contributed by atoms with Crippen LogP contribution in [0, 0.1) is 10.1 Å². The number of aromatic nitrogens is 2. The molecule has 0 aliphatic carbocycles. The number of nitro groups is 1. The minimum atomic E-state index is -0.570. The van der Waals surface area contributed by atoms with Crippen molar-refractivity contribution in [3.8, 4) is 0 Å². The quantitative estimate of drug-likeness (QED) is 0.635. The first-order valence-electron chi connectivity index (χ1n) is 7.48. The number of piperidine rings is 1. The maximum Gasteiger partial charge on any atom is 0.353 e. The van der Waals surface area contributed by atoms with E-state index in [-0.39, 0.29) is 23.9 Å². The van der Waals surface area contributed by atoms with E-state index in [4.69, 9.17) is 10.2 Å². The van der Waals surface area contributed by atoms with Gasteiger partial charge in [0.2, 0.25) is 17.6 Å². The van der Waals surface area contributed by atoms with Crippen molar-refractivity contribution in [1.29, 1.82) is 0 Å². The number of nitrogens with one attached hydrogen (secondary N) is 1. The zero-order valence-corrected chi connectivity index (χ0v) is 12.6.